The number of fused-ring (bicyclic) bond motifs is 1. The van der Waals surface area contributed by atoms with Crippen LogP contribution in [0.15, 0.2) is 52.5 Å². The summed E-state index contributed by atoms with van der Waals surface area (Å²) >= 11 is 0. The van der Waals surface area contributed by atoms with Crippen LogP contribution in [0.5, 0.6) is 17.2 Å². The van der Waals surface area contributed by atoms with Gasteiger partial charge in [0.25, 0.3) is 0 Å². The molecule has 2 aromatic carbocycles. The fourth-order valence-electron chi connectivity index (χ4n) is 3.83. The molecule has 3 aromatic rings. The molecule has 5 heteroatoms. The monoisotopic (exact) mass is 394 g/mol. The Labute approximate surface area is 169 Å². The van der Waals surface area contributed by atoms with Gasteiger partial charge in [0.2, 0.25) is 0 Å². The molecule has 1 aliphatic heterocycles. The zero-order valence-electron chi connectivity index (χ0n) is 16.9. The van der Waals surface area contributed by atoms with Gasteiger partial charge in [-0.05, 0) is 57.9 Å². The van der Waals surface area contributed by atoms with Crippen LogP contribution in [0.3, 0.4) is 0 Å². The first kappa shape index (κ1) is 19.4. The predicted molar refractivity (Wildman–Crippen MR) is 112 cm³/mol. The Morgan fingerprint density at radius 3 is 2.62 bits per heavy atom. The average molecular weight is 394 g/mol. The first-order chi connectivity index (χ1) is 13.7. The number of aromatic hydroxyl groups is 3. The highest BCUT2D eigenvalue weighted by atomic mass is 16.6. The number of phenolic OH excluding ortho intramolecular Hbond substituents is 3. The summed E-state index contributed by atoms with van der Waals surface area (Å²) in [6.07, 6.45) is 4.60. The molecule has 1 aromatic heterocycles. The minimum atomic E-state index is -0.215. The molecular formula is C24H26O5. The Kier molecular flexibility index (Phi) is 4.79. The highest BCUT2D eigenvalue weighted by Crippen LogP contribution is 2.46. The number of hydrogen-bond donors (Lipinski definition) is 3. The Balaban J connectivity index is 1.63. The lowest BCUT2D eigenvalue weighted by Crippen LogP contribution is -2.11. The first-order valence-corrected chi connectivity index (χ1v) is 9.84. The molecule has 5 nitrogen and oxygen atoms in total. The molecule has 152 valence electrons. The van der Waals surface area contributed by atoms with Crippen LogP contribution in [-0.4, -0.2) is 27.0 Å². The summed E-state index contributed by atoms with van der Waals surface area (Å²) in [6.45, 7) is 6.26. The Bertz CT molecular complexity index is 1090. The molecule has 0 bridgehead atoms. The summed E-state index contributed by atoms with van der Waals surface area (Å²) < 4.78 is 11.9. The Hall–Kier alpha value is -2.92. The van der Waals surface area contributed by atoms with Gasteiger partial charge in [-0.2, -0.15) is 0 Å². The number of ether oxygens (including phenoxy) is 1. The van der Waals surface area contributed by atoms with Gasteiger partial charge in [-0.3, -0.25) is 0 Å². The van der Waals surface area contributed by atoms with Crippen molar-refractivity contribution in [2.75, 3.05) is 0 Å². The van der Waals surface area contributed by atoms with Crippen molar-refractivity contribution in [1.82, 2.24) is 0 Å². The fraction of sp³-hybridized carbons (Fsp3) is 0.333. The SMILES string of the molecule is CC(C)=CCC[C@@]1(C)O[C@@H]1Cc1c(O)cc(O)cc1-c1cc2ccc(O)cc2o1. The minimum Gasteiger partial charge on any atom is -0.508 e. The second-order valence-corrected chi connectivity index (χ2v) is 8.27. The van der Waals surface area contributed by atoms with Crippen LogP contribution < -0.4 is 0 Å². The van der Waals surface area contributed by atoms with Crippen molar-refractivity contribution < 1.29 is 24.5 Å². The smallest absolute Gasteiger partial charge is 0.138 e. The Morgan fingerprint density at radius 1 is 1.07 bits per heavy atom. The number of benzene rings is 2. The maximum atomic E-state index is 10.5. The van der Waals surface area contributed by atoms with Gasteiger partial charge in [-0.15, -0.1) is 0 Å². The van der Waals surface area contributed by atoms with Gasteiger partial charge in [0.1, 0.15) is 28.6 Å². The van der Waals surface area contributed by atoms with Crippen molar-refractivity contribution >= 4 is 11.0 Å². The van der Waals surface area contributed by atoms with E-state index in [0.717, 1.165) is 18.2 Å². The van der Waals surface area contributed by atoms with E-state index in [1.165, 1.54) is 11.6 Å². The van der Waals surface area contributed by atoms with Crippen molar-refractivity contribution in [3.8, 4) is 28.6 Å². The van der Waals surface area contributed by atoms with Crippen molar-refractivity contribution in [3.63, 3.8) is 0 Å². The van der Waals surface area contributed by atoms with E-state index in [1.807, 2.05) is 6.07 Å². The highest BCUT2D eigenvalue weighted by Gasteiger charge is 2.51. The van der Waals surface area contributed by atoms with Gasteiger partial charge in [0, 0.05) is 35.1 Å². The second-order valence-electron chi connectivity index (χ2n) is 8.27. The molecule has 2 heterocycles. The molecule has 0 radical (unpaired) electrons. The van der Waals surface area contributed by atoms with Crippen LogP contribution in [0.25, 0.3) is 22.3 Å². The lowest BCUT2D eigenvalue weighted by atomic mass is 9.93. The number of furan rings is 1. The standard InChI is InChI=1S/C24H26O5/c1-14(2)5-4-8-24(3)23(29-24)13-18-19(10-17(26)11-20(18)27)22-9-15-6-7-16(25)12-21(15)28-22/h5-7,9-12,23,25-27H,4,8,13H2,1-3H3/t23-,24-/m1/s1. The minimum absolute atomic E-state index is 0.00400. The largest absolute Gasteiger partial charge is 0.508 e. The van der Waals surface area contributed by atoms with E-state index in [1.54, 1.807) is 24.3 Å². The van der Waals surface area contributed by atoms with Gasteiger partial charge >= 0.3 is 0 Å². The quantitative estimate of drug-likeness (QED) is 0.371. The number of epoxide rings is 1. The third-order valence-electron chi connectivity index (χ3n) is 5.60. The molecule has 0 spiro atoms. The van der Waals surface area contributed by atoms with Crippen LogP contribution >= 0.6 is 0 Å². The lowest BCUT2D eigenvalue weighted by Gasteiger charge is -2.11. The van der Waals surface area contributed by atoms with Crippen molar-refractivity contribution in [1.29, 1.82) is 0 Å². The average Bonchev–Trinajstić information content (AvgIpc) is 3.08. The third-order valence-corrected chi connectivity index (χ3v) is 5.60. The first-order valence-electron chi connectivity index (χ1n) is 9.84. The van der Waals surface area contributed by atoms with Gasteiger partial charge in [-0.1, -0.05) is 11.6 Å². The van der Waals surface area contributed by atoms with Gasteiger partial charge < -0.3 is 24.5 Å². The summed E-state index contributed by atoms with van der Waals surface area (Å²) in [5, 5.41) is 31.1. The number of allylic oxidation sites excluding steroid dienone is 2. The van der Waals surface area contributed by atoms with Crippen LogP contribution in [-0.2, 0) is 11.2 Å². The van der Waals surface area contributed by atoms with Gasteiger partial charge in [-0.25, -0.2) is 0 Å². The van der Waals surface area contributed by atoms with Crippen molar-refractivity contribution in [2.24, 2.45) is 0 Å². The van der Waals surface area contributed by atoms with Crippen LogP contribution in [0.4, 0.5) is 0 Å². The second kappa shape index (κ2) is 7.16. The topological polar surface area (TPSA) is 86.4 Å². The maximum absolute atomic E-state index is 10.5. The van der Waals surface area contributed by atoms with Crippen molar-refractivity contribution in [3.05, 3.63) is 53.6 Å². The molecule has 2 atom stereocenters. The molecule has 4 rings (SSSR count). The van der Waals surface area contributed by atoms with E-state index in [-0.39, 0.29) is 29.0 Å². The van der Waals surface area contributed by atoms with E-state index in [2.05, 4.69) is 26.8 Å². The van der Waals surface area contributed by atoms with E-state index >= 15 is 0 Å². The molecule has 0 saturated carbocycles. The number of rotatable bonds is 6. The summed E-state index contributed by atoms with van der Waals surface area (Å²) in [5.41, 5.74) is 2.93. The normalized spacial score (nSPS) is 20.7. The summed E-state index contributed by atoms with van der Waals surface area (Å²) in [7, 11) is 0. The van der Waals surface area contributed by atoms with Crippen molar-refractivity contribution in [2.45, 2.75) is 51.7 Å². The number of hydrogen-bond acceptors (Lipinski definition) is 5. The molecule has 29 heavy (non-hydrogen) atoms. The van der Waals surface area contributed by atoms with E-state index in [9.17, 15) is 15.3 Å². The molecule has 0 amide bonds. The number of phenols is 3. The molecular weight excluding hydrogens is 368 g/mol. The summed E-state index contributed by atoms with van der Waals surface area (Å²) in [4.78, 5) is 0. The van der Waals surface area contributed by atoms with Crippen LogP contribution in [0.1, 0.15) is 39.2 Å². The van der Waals surface area contributed by atoms with Gasteiger partial charge in [0.05, 0.1) is 11.7 Å². The molecule has 1 saturated heterocycles. The Morgan fingerprint density at radius 2 is 1.86 bits per heavy atom. The van der Waals surface area contributed by atoms with Crippen LogP contribution in [0, 0.1) is 0 Å². The van der Waals surface area contributed by atoms with E-state index < -0.39 is 0 Å². The molecule has 0 aliphatic carbocycles. The fourth-order valence-corrected chi connectivity index (χ4v) is 3.83. The zero-order chi connectivity index (χ0) is 20.8. The van der Waals surface area contributed by atoms with Gasteiger partial charge in [0.15, 0.2) is 0 Å². The molecule has 3 N–H and O–H groups in total. The maximum Gasteiger partial charge on any atom is 0.138 e. The van der Waals surface area contributed by atoms with E-state index in [0.29, 0.717) is 28.9 Å². The molecule has 0 unspecified atom stereocenters. The predicted octanol–water partition coefficient (Wildman–Crippen LogP) is 5.66. The lowest BCUT2D eigenvalue weighted by molar-refractivity contribution is 0.297. The van der Waals surface area contributed by atoms with E-state index in [4.69, 9.17) is 9.15 Å². The summed E-state index contributed by atoms with van der Waals surface area (Å²) in [6, 6.07) is 9.69. The molecule has 1 aliphatic rings. The zero-order valence-corrected chi connectivity index (χ0v) is 16.9. The third kappa shape index (κ3) is 3.96. The summed E-state index contributed by atoms with van der Waals surface area (Å²) in [5.74, 6) is 0.632. The highest BCUT2D eigenvalue weighted by molar-refractivity contribution is 5.85. The van der Waals surface area contributed by atoms with Crippen LogP contribution in [0.2, 0.25) is 0 Å². The molecule has 1 fully saturated rings.